The molecule has 6 nitrogen and oxygen atoms in total. The molecule has 2 rings (SSSR count). The average molecular weight is 273 g/mol. The largest absolute Gasteiger partial charge is 0.370 e. The minimum absolute atomic E-state index is 0.0316. The number of aryl methyl sites for hydroxylation is 1. The molecule has 6 heteroatoms. The van der Waals surface area contributed by atoms with E-state index in [0.717, 1.165) is 23.6 Å². The van der Waals surface area contributed by atoms with Crippen molar-refractivity contribution in [3.63, 3.8) is 0 Å². The van der Waals surface area contributed by atoms with E-state index in [-0.39, 0.29) is 5.91 Å². The van der Waals surface area contributed by atoms with Gasteiger partial charge in [-0.15, -0.1) is 0 Å². The minimum Gasteiger partial charge on any atom is -0.370 e. The van der Waals surface area contributed by atoms with Crippen molar-refractivity contribution in [2.45, 2.75) is 20.4 Å². The third-order valence-corrected chi connectivity index (χ3v) is 2.88. The topological polar surface area (TPSA) is 73.9 Å². The first-order valence-corrected chi connectivity index (χ1v) is 6.56. The molecule has 2 heterocycles. The Morgan fingerprint density at radius 3 is 2.90 bits per heavy atom. The van der Waals surface area contributed by atoms with Gasteiger partial charge in [0, 0.05) is 43.2 Å². The molecule has 0 aromatic carbocycles. The number of rotatable bonds is 5. The minimum atomic E-state index is -0.0316. The summed E-state index contributed by atoms with van der Waals surface area (Å²) in [4.78, 5) is 18.4. The highest BCUT2D eigenvalue weighted by atomic mass is 16.2. The van der Waals surface area contributed by atoms with Crippen molar-refractivity contribution >= 4 is 11.7 Å². The van der Waals surface area contributed by atoms with Gasteiger partial charge in [0.05, 0.1) is 6.20 Å². The van der Waals surface area contributed by atoms with E-state index in [1.54, 1.807) is 36.5 Å². The fourth-order valence-electron chi connectivity index (χ4n) is 1.99. The molecule has 0 fully saturated rings. The van der Waals surface area contributed by atoms with Crippen molar-refractivity contribution < 1.29 is 4.79 Å². The maximum absolute atomic E-state index is 12.4. The quantitative estimate of drug-likeness (QED) is 0.871. The molecule has 0 unspecified atom stereocenters. The van der Waals surface area contributed by atoms with Gasteiger partial charge in [-0.05, 0) is 26.0 Å². The van der Waals surface area contributed by atoms with E-state index >= 15 is 0 Å². The summed E-state index contributed by atoms with van der Waals surface area (Å²) < 4.78 is 0. The van der Waals surface area contributed by atoms with Gasteiger partial charge >= 0.3 is 0 Å². The van der Waals surface area contributed by atoms with Crippen molar-refractivity contribution in [2.75, 3.05) is 18.9 Å². The van der Waals surface area contributed by atoms with Gasteiger partial charge in [-0.3, -0.25) is 9.89 Å². The van der Waals surface area contributed by atoms with Crippen LogP contribution in [0.3, 0.4) is 0 Å². The fraction of sp³-hybridized carbons (Fsp3) is 0.357. The summed E-state index contributed by atoms with van der Waals surface area (Å²) >= 11 is 0. The molecule has 0 aliphatic rings. The number of carbonyl (C=O) groups excluding carboxylic acids is 1. The van der Waals surface area contributed by atoms with Crippen LogP contribution >= 0.6 is 0 Å². The lowest BCUT2D eigenvalue weighted by molar-refractivity contribution is 0.0785. The van der Waals surface area contributed by atoms with Crippen molar-refractivity contribution in [2.24, 2.45) is 0 Å². The van der Waals surface area contributed by atoms with Crippen LogP contribution in [0.2, 0.25) is 0 Å². The lowest BCUT2D eigenvalue weighted by Crippen LogP contribution is -2.26. The van der Waals surface area contributed by atoms with Crippen LogP contribution < -0.4 is 5.32 Å². The Morgan fingerprint density at radius 2 is 2.25 bits per heavy atom. The number of aromatic nitrogens is 3. The Hall–Kier alpha value is -2.37. The normalized spacial score (nSPS) is 10.3. The maximum Gasteiger partial charge on any atom is 0.254 e. The van der Waals surface area contributed by atoms with Crippen LogP contribution in [0.25, 0.3) is 0 Å². The molecule has 20 heavy (non-hydrogen) atoms. The zero-order chi connectivity index (χ0) is 14.5. The van der Waals surface area contributed by atoms with Gasteiger partial charge in [-0.2, -0.15) is 5.10 Å². The number of hydrogen-bond acceptors (Lipinski definition) is 4. The van der Waals surface area contributed by atoms with E-state index < -0.39 is 0 Å². The summed E-state index contributed by atoms with van der Waals surface area (Å²) in [6, 6.07) is 3.58. The second-order valence-electron chi connectivity index (χ2n) is 4.68. The fourth-order valence-corrected chi connectivity index (χ4v) is 1.99. The first kappa shape index (κ1) is 14.0. The SMILES string of the molecule is CCNc1cc(C(=O)N(C)Cc2cn[nH]c2)cc(C)n1. The van der Waals surface area contributed by atoms with Crippen molar-refractivity contribution in [3.05, 3.63) is 41.3 Å². The van der Waals surface area contributed by atoms with Gasteiger partial charge in [0.2, 0.25) is 0 Å². The molecule has 0 radical (unpaired) electrons. The first-order chi connectivity index (χ1) is 9.60. The zero-order valence-corrected chi connectivity index (χ0v) is 12.0. The van der Waals surface area contributed by atoms with Crippen LogP contribution in [-0.2, 0) is 6.54 Å². The Labute approximate surface area is 118 Å². The molecule has 106 valence electrons. The zero-order valence-electron chi connectivity index (χ0n) is 12.0. The number of nitrogens with one attached hydrogen (secondary N) is 2. The van der Waals surface area contributed by atoms with E-state index in [2.05, 4.69) is 20.5 Å². The first-order valence-electron chi connectivity index (χ1n) is 6.56. The highest BCUT2D eigenvalue weighted by Crippen LogP contribution is 2.13. The van der Waals surface area contributed by atoms with Crippen molar-refractivity contribution in [1.82, 2.24) is 20.1 Å². The van der Waals surface area contributed by atoms with Crippen LogP contribution in [-0.4, -0.2) is 39.6 Å². The van der Waals surface area contributed by atoms with Gasteiger partial charge in [0.1, 0.15) is 5.82 Å². The van der Waals surface area contributed by atoms with Crippen molar-refractivity contribution in [1.29, 1.82) is 0 Å². The molecule has 2 aromatic rings. The summed E-state index contributed by atoms with van der Waals surface area (Å²) in [7, 11) is 1.78. The van der Waals surface area contributed by atoms with Crippen LogP contribution in [0.15, 0.2) is 24.5 Å². The third kappa shape index (κ3) is 3.34. The van der Waals surface area contributed by atoms with Crippen LogP contribution in [0.4, 0.5) is 5.82 Å². The maximum atomic E-state index is 12.4. The second kappa shape index (κ2) is 6.18. The van der Waals surface area contributed by atoms with E-state index in [4.69, 9.17) is 0 Å². The molecule has 0 bridgehead atoms. The molecular formula is C14H19N5O. The van der Waals surface area contributed by atoms with Gasteiger partial charge in [0.15, 0.2) is 0 Å². The lowest BCUT2D eigenvalue weighted by atomic mass is 10.2. The van der Waals surface area contributed by atoms with Gasteiger partial charge < -0.3 is 10.2 Å². The predicted octanol–water partition coefficient (Wildman–Crippen LogP) is 1.82. The molecule has 1 amide bonds. The Kier molecular flexibility index (Phi) is 4.34. The Balaban J connectivity index is 2.15. The lowest BCUT2D eigenvalue weighted by Gasteiger charge is -2.17. The number of amides is 1. The van der Waals surface area contributed by atoms with Crippen LogP contribution in [0.1, 0.15) is 28.5 Å². The number of aromatic amines is 1. The summed E-state index contributed by atoms with van der Waals surface area (Å²) in [5.74, 6) is 0.698. The van der Waals surface area contributed by atoms with Crippen molar-refractivity contribution in [3.8, 4) is 0 Å². The van der Waals surface area contributed by atoms with E-state index in [1.807, 2.05) is 13.8 Å². The van der Waals surface area contributed by atoms with E-state index in [9.17, 15) is 4.79 Å². The van der Waals surface area contributed by atoms with E-state index in [1.165, 1.54) is 0 Å². The number of carbonyl (C=O) groups is 1. The second-order valence-corrected chi connectivity index (χ2v) is 4.68. The Bertz CT molecular complexity index is 579. The number of anilines is 1. The molecule has 0 saturated heterocycles. The number of nitrogens with zero attached hydrogens (tertiary/aromatic N) is 3. The molecule has 0 atom stereocenters. The number of H-pyrrole nitrogens is 1. The molecule has 0 saturated carbocycles. The average Bonchev–Trinajstić information content (AvgIpc) is 2.90. The monoisotopic (exact) mass is 273 g/mol. The summed E-state index contributed by atoms with van der Waals surface area (Å²) in [6.45, 7) is 5.17. The third-order valence-electron chi connectivity index (χ3n) is 2.88. The smallest absolute Gasteiger partial charge is 0.254 e. The van der Waals surface area contributed by atoms with E-state index in [0.29, 0.717) is 12.1 Å². The highest BCUT2D eigenvalue weighted by Gasteiger charge is 2.14. The standard InChI is InChI=1S/C14H19N5O/c1-4-15-13-6-12(5-10(2)18-13)14(20)19(3)9-11-7-16-17-8-11/h5-8H,4,9H2,1-3H3,(H,15,18)(H,16,17). The molecular weight excluding hydrogens is 254 g/mol. The molecule has 2 aromatic heterocycles. The van der Waals surface area contributed by atoms with Crippen LogP contribution in [0.5, 0.6) is 0 Å². The van der Waals surface area contributed by atoms with Crippen LogP contribution in [0, 0.1) is 6.92 Å². The summed E-state index contributed by atoms with van der Waals surface area (Å²) in [6.07, 6.45) is 3.50. The summed E-state index contributed by atoms with van der Waals surface area (Å²) in [5.41, 5.74) is 2.43. The molecule has 0 aliphatic heterocycles. The van der Waals surface area contributed by atoms with Gasteiger partial charge in [0.25, 0.3) is 5.91 Å². The molecule has 2 N–H and O–H groups in total. The number of hydrogen-bond donors (Lipinski definition) is 2. The number of pyridine rings is 1. The van der Waals surface area contributed by atoms with Gasteiger partial charge in [-0.1, -0.05) is 0 Å². The summed E-state index contributed by atoms with van der Waals surface area (Å²) in [5, 5.41) is 9.75. The van der Waals surface area contributed by atoms with Gasteiger partial charge in [-0.25, -0.2) is 4.98 Å². The highest BCUT2D eigenvalue weighted by molar-refractivity contribution is 5.94. The molecule has 0 spiro atoms. The molecule has 0 aliphatic carbocycles. The predicted molar refractivity (Wildman–Crippen MR) is 77.5 cm³/mol. The Morgan fingerprint density at radius 1 is 1.45 bits per heavy atom.